The quantitative estimate of drug-likeness (QED) is 0.566. The Morgan fingerprint density at radius 2 is 1.69 bits per heavy atom. The predicted molar refractivity (Wildman–Crippen MR) is 55.4 cm³/mol. The molecule has 0 spiro atoms. The van der Waals surface area contributed by atoms with Crippen molar-refractivity contribution < 1.29 is 21.6 Å². The zero-order chi connectivity index (χ0) is 12.8. The van der Waals surface area contributed by atoms with Gasteiger partial charge in [-0.3, -0.25) is 0 Å². The Bertz CT molecular complexity index is 394. The first-order chi connectivity index (χ1) is 7.17. The van der Waals surface area contributed by atoms with Crippen LogP contribution < -0.4 is 0 Å². The summed E-state index contributed by atoms with van der Waals surface area (Å²) in [4.78, 5) is 1.70. The minimum atomic E-state index is -5.42. The summed E-state index contributed by atoms with van der Waals surface area (Å²) in [5.41, 5.74) is -5.35. The normalized spacial score (nSPS) is 14.3. The summed E-state index contributed by atoms with van der Waals surface area (Å²) in [7, 11) is -1.90. The van der Waals surface area contributed by atoms with Crippen LogP contribution in [-0.4, -0.2) is 39.1 Å². The van der Waals surface area contributed by atoms with Crippen molar-refractivity contribution >= 4 is 16.2 Å². The van der Waals surface area contributed by atoms with Crippen molar-refractivity contribution in [3.05, 3.63) is 24.4 Å². The van der Waals surface area contributed by atoms with Crippen molar-refractivity contribution in [3.63, 3.8) is 0 Å². The van der Waals surface area contributed by atoms with Gasteiger partial charge >= 0.3 is 15.5 Å². The molecule has 92 valence electrons. The number of nitrogens with zero attached hydrogens (tertiary/aromatic N) is 2. The van der Waals surface area contributed by atoms with E-state index in [9.17, 15) is 21.6 Å². The molecule has 0 aliphatic heterocycles. The molecule has 0 saturated heterocycles. The van der Waals surface area contributed by atoms with E-state index >= 15 is 0 Å². The number of rotatable bonds is 4. The van der Waals surface area contributed by atoms with Crippen molar-refractivity contribution in [2.75, 3.05) is 14.1 Å². The Kier molecular flexibility index (Phi) is 5.22. The number of allylic oxidation sites excluding steroid dienone is 3. The average molecular weight is 256 g/mol. The lowest BCUT2D eigenvalue weighted by Gasteiger charge is -2.01. The molecule has 16 heavy (non-hydrogen) atoms. The molecule has 0 rings (SSSR count). The maximum absolute atomic E-state index is 11.8. The molecule has 0 heterocycles. The van der Waals surface area contributed by atoms with Crippen LogP contribution in [0, 0.1) is 0 Å². The summed E-state index contributed by atoms with van der Waals surface area (Å²) >= 11 is 0. The topological polar surface area (TPSA) is 49.7 Å². The van der Waals surface area contributed by atoms with Crippen LogP contribution in [-0.2, 0) is 10.0 Å². The summed E-state index contributed by atoms with van der Waals surface area (Å²) in [6, 6.07) is 0. The molecular formula is C8H11F3N2O2S. The number of sulfonamides is 1. The number of hydrogen-bond donors (Lipinski definition) is 0. The first-order valence-corrected chi connectivity index (χ1v) is 5.47. The number of hydrogen-bond acceptors (Lipinski definition) is 3. The standard InChI is InChI=1S/C8H11F3N2O2S/c1-13(2)7-5-3-4-6-12-16(14,15)8(9,10)11/h3-7H,1-2H3/b4-3-,7-5+,12-6+. The molecule has 0 radical (unpaired) electrons. The average Bonchev–Trinajstić information content (AvgIpc) is 2.08. The van der Waals surface area contributed by atoms with E-state index in [2.05, 4.69) is 4.40 Å². The van der Waals surface area contributed by atoms with Gasteiger partial charge in [0, 0.05) is 20.3 Å². The molecule has 8 heteroatoms. The van der Waals surface area contributed by atoms with E-state index in [0.717, 1.165) is 6.08 Å². The van der Waals surface area contributed by atoms with Gasteiger partial charge in [-0.25, -0.2) is 0 Å². The molecule has 0 N–H and O–H groups in total. The first-order valence-electron chi connectivity index (χ1n) is 4.03. The molecule has 0 unspecified atom stereocenters. The molecule has 0 amide bonds. The molecule has 0 aromatic heterocycles. The monoisotopic (exact) mass is 256 g/mol. The van der Waals surface area contributed by atoms with Gasteiger partial charge in [-0.15, -0.1) is 0 Å². The molecule has 0 fully saturated rings. The van der Waals surface area contributed by atoms with Crippen LogP contribution in [0.15, 0.2) is 28.8 Å². The Morgan fingerprint density at radius 1 is 1.12 bits per heavy atom. The van der Waals surface area contributed by atoms with Gasteiger partial charge in [0.1, 0.15) is 0 Å². The lowest BCUT2D eigenvalue weighted by atomic mass is 10.5. The third kappa shape index (κ3) is 5.54. The van der Waals surface area contributed by atoms with E-state index in [1.165, 1.54) is 12.2 Å². The van der Waals surface area contributed by atoms with Crippen molar-refractivity contribution in [3.8, 4) is 0 Å². The lowest BCUT2D eigenvalue weighted by Crippen LogP contribution is -2.20. The van der Waals surface area contributed by atoms with Crippen LogP contribution in [0.5, 0.6) is 0 Å². The van der Waals surface area contributed by atoms with Crippen LogP contribution >= 0.6 is 0 Å². The molecule has 0 bridgehead atoms. The van der Waals surface area contributed by atoms with Crippen molar-refractivity contribution in [1.29, 1.82) is 0 Å². The minimum absolute atomic E-state index is 0.572. The van der Waals surface area contributed by atoms with Crippen molar-refractivity contribution in [2.45, 2.75) is 5.51 Å². The molecular weight excluding hydrogens is 245 g/mol. The maximum Gasteiger partial charge on any atom is 0.518 e. The highest BCUT2D eigenvalue weighted by molar-refractivity contribution is 7.91. The van der Waals surface area contributed by atoms with Crippen LogP contribution in [0.4, 0.5) is 13.2 Å². The summed E-state index contributed by atoms with van der Waals surface area (Å²) in [5.74, 6) is 0. The second kappa shape index (κ2) is 5.69. The fourth-order valence-corrected chi connectivity index (χ4v) is 0.861. The Morgan fingerprint density at radius 3 is 2.12 bits per heavy atom. The van der Waals surface area contributed by atoms with E-state index in [1.54, 1.807) is 25.2 Å². The van der Waals surface area contributed by atoms with Crippen molar-refractivity contribution in [1.82, 2.24) is 4.90 Å². The van der Waals surface area contributed by atoms with Gasteiger partial charge in [0.25, 0.3) is 0 Å². The van der Waals surface area contributed by atoms with E-state index in [0.29, 0.717) is 6.21 Å². The molecule has 0 saturated carbocycles. The Hall–Kier alpha value is -1.31. The van der Waals surface area contributed by atoms with Gasteiger partial charge in [-0.2, -0.15) is 26.0 Å². The fourth-order valence-electron chi connectivity index (χ4n) is 0.511. The zero-order valence-electron chi connectivity index (χ0n) is 8.64. The van der Waals surface area contributed by atoms with Crippen LogP contribution in [0.25, 0.3) is 0 Å². The minimum Gasteiger partial charge on any atom is -0.383 e. The largest absolute Gasteiger partial charge is 0.518 e. The zero-order valence-corrected chi connectivity index (χ0v) is 9.46. The maximum atomic E-state index is 11.8. The highest BCUT2D eigenvalue weighted by atomic mass is 32.2. The first kappa shape index (κ1) is 14.7. The molecule has 0 aromatic carbocycles. The van der Waals surface area contributed by atoms with Gasteiger partial charge in [-0.1, -0.05) is 6.08 Å². The van der Waals surface area contributed by atoms with Gasteiger partial charge in [-0.05, 0) is 18.4 Å². The summed E-state index contributed by atoms with van der Waals surface area (Å²) in [6.45, 7) is 0. The van der Waals surface area contributed by atoms with Crippen LogP contribution in [0.2, 0.25) is 0 Å². The predicted octanol–water partition coefficient (Wildman–Crippen LogP) is 1.54. The van der Waals surface area contributed by atoms with E-state index in [-0.39, 0.29) is 0 Å². The number of alkyl halides is 3. The smallest absolute Gasteiger partial charge is 0.383 e. The van der Waals surface area contributed by atoms with Crippen molar-refractivity contribution in [2.24, 2.45) is 4.40 Å². The second-order valence-electron chi connectivity index (χ2n) is 2.87. The third-order valence-corrected chi connectivity index (χ3v) is 2.17. The highest BCUT2D eigenvalue weighted by Gasteiger charge is 2.45. The van der Waals surface area contributed by atoms with E-state index in [1.807, 2.05) is 0 Å². The molecule has 4 nitrogen and oxygen atoms in total. The van der Waals surface area contributed by atoms with Crippen LogP contribution in [0.3, 0.4) is 0 Å². The van der Waals surface area contributed by atoms with Gasteiger partial charge in [0.15, 0.2) is 0 Å². The summed E-state index contributed by atoms with van der Waals surface area (Å²) < 4.78 is 58.6. The fraction of sp³-hybridized carbons (Fsp3) is 0.375. The van der Waals surface area contributed by atoms with Gasteiger partial charge in [0.2, 0.25) is 0 Å². The van der Waals surface area contributed by atoms with E-state index in [4.69, 9.17) is 0 Å². The SMILES string of the molecule is CN(C)/C=C/C=C\C=N\S(=O)(=O)C(F)(F)F. The Balaban J connectivity index is 4.44. The molecule has 0 aliphatic rings. The highest BCUT2D eigenvalue weighted by Crippen LogP contribution is 2.24. The summed E-state index contributed by atoms with van der Waals surface area (Å²) in [6.07, 6.45) is 6.16. The molecule has 0 aliphatic carbocycles. The van der Waals surface area contributed by atoms with Gasteiger partial charge < -0.3 is 4.90 Å². The lowest BCUT2D eigenvalue weighted by molar-refractivity contribution is -0.0435. The van der Waals surface area contributed by atoms with E-state index < -0.39 is 15.5 Å². The van der Waals surface area contributed by atoms with Crippen LogP contribution in [0.1, 0.15) is 0 Å². The second-order valence-corrected chi connectivity index (χ2v) is 4.49. The molecule has 0 aromatic rings. The third-order valence-electron chi connectivity index (χ3n) is 1.18. The molecule has 0 atom stereocenters. The number of halogens is 3. The summed E-state index contributed by atoms with van der Waals surface area (Å²) in [5, 5.41) is 0. The Labute approximate surface area is 91.8 Å². The van der Waals surface area contributed by atoms with Gasteiger partial charge in [0.05, 0.1) is 0 Å².